The fourth-order valence-corrected chi connectivity index (χ4v) is 5.10. The maximum Gasteiger partial charge on any atom is 0.339 e. The number of hydrogen-bond acceptors (Lipinski definition) is 7. The zero-order valence-corrected chi connectivity index (χ0v) is 22.2. The van der Waals surface area contributed by atoms with Crippen molar-refractivity contribution in [3.05, 3.63) is 87.9 Å². The van der Waals surface area contributed by atoms with Crippen LogP contribution in [0.4, 0.5) is 10.5 Å². The molecule has 4 amide bonds. The molecule has 38 heavy (non-hydrogen) atoms. The molecule has 11 heteroatoms. The van der Waals surface area contributed by atoms with Gasteiger partial charge in [0.2, 0.25) is 5.75 Å². The molecule has 0 radical (unpaired) electrons. The highest BCUT2D eigenvalue weighted by Gasteiger charge is 2.37. The van der Waals surface area contributed by atoms with Crippen LogP contribution in [0.3, 0.4) is 0 Å². The number of amides is 4. The van der Waals surface area contributed by atoms with Gasteiger partial charge in [-0.2, -0.15) is 8.42 Å². The minimum Gasteiger partial charge on any atom is -0.493 e. The molecule has 0 aliphatic carbocycles. The van der Waals surface area contributed by atoms with E-state index in [1.807, 2.05) is 13.8 Å². The maximum atomic E-state index is 13.3. The number of methoxy groups -OCH3 is 1. The zero-order valence-electron chi connectivity index (χ0n) is 20.6. The van der Waals surface area contributed by atoms with Gasteiger partial charge in [0.05, 0.1) is 17.8 Å². The molecule has 0 aromatic heterocycles. The Morgan fingerprint density at radius 3 is 2.37 bits per heavy atom. The van der Waals surface area contributed by atoms with Gasteiger partial charge in [0.1, 0.15) is 10.5 Å². The van der Waals surface area contributed by atoms with E-state index in [1.54, 1.807) is 36.4 Å². The van der Waals surface area contributed by atoms with Gasteiger partial charge >= 0.3 is 16.1 Å². The summed E-state index contributed by atoms with van der Waals surface area (Å²) in [7, 11) is -2.95. The number of aryl methyl sites for hydroxylation is 2. The van der Waals surface area contributed by atoms with Gasteiger partial charge in [-0.15, -0.1) is 0 Å². The molecule has 0 unspecified atom stereocenters. The molecule has 3 aromatic carbocycles. The van der Waals surface area contributed by atoms with Gasteiger partial charge in [-0.3, -0.25) is 14.9 Å². The monoisotopic (exact) mass is 554 g/mol. The number of carbonyl (C=O) groups is 3. The molecule has 196 valence electrons. The number of nitrogens with zero attached hydrogens (tertiary/aromatic N) is 1. The van der Waals surface area contributed by atoms with Crippen molar-refractivity contribution in [2.45, 2.75) is 25.2 Å². The van der Waals surface area contributed by atoms with Gasteiger partial charge < -0.3 is 8.92 Å². The second-order valence-corrected chi connectivity index (χ2v) is 10.3. The van der Waals surface area contributed by atoms with Crippen LogP contribution in [0.2, 0.25) is 5.02 Å². The zero-order chi connectivity index (χ0) is 27.6. The summed E-state index contributed by atoms with van der Waals surface area (Å²) >= 11 is 6.36. The Morgan fingerprint density at radius 1 is 1.03 bits per heavy atom. The molecule has 0 spiro atoms. The molecule has 1 saturated heterocycles. The summed E-state index contributed by atoms with van der Waals surface area (Å²) in [5, 5.41) is 2.04. The van der Waals surface area contributed by atoms with E-state index in [2.05, 4.69) is 5.32 Å². The van der Waals surface area contributed by atoms with Crippen LogP contribution >= 0.6 is 11.6 Å². The van der Waals surface area contributed by atoms with E-state index in [0.717, 1.165) is 16.0 Å². The summed E-state index contributed by atoms with van der Waals surface area (Å²) in [6.07, 6.45) is 1.79. The van der Waals surface area contributed by atoms with Crippen molar-refractivity contribution in [1.82, 2.24) is 5.32 Å². The third-order valence-corrected chi connectivity index (χ3v) is 7.30. The predicted molar refractivity (Wildman–Crippen MR) is 142 cm³/mol. The smallest absolute Gasteiger partial charge is 0.339 e. The third kappa shape index (κ3) is 5.27. The first-order chi connectivity index (χ1) is 18.1. The van der Waals surface area contributed by atoms with Gasteiger partial charge in [-0.05, 0) is 60.9 Å². The molecular weight excluding hydrogens is 532 g/mol. The highest BCUT2D eigenvalue weighted by atomic mass is 35.5. The van der Waals surface area contributed by atoms with E-state index in [1.165, 1.54) is 37.5 Å². The molecular formula is C27H23ClN2O7S. The maximum absolute atomic E-state index is 13.3. The summed E-state index contributed by atoms with van der Waals surface area (Å²) < 4.78 is 36.2. The minimum absolute atomic E-state index is 0.0482. The average molecular weight is 555 g/mol. The van der Waals surface area contributed by atoms with Crippen LogP contribution in [0.25, 0.3) is 6.08 Å². The number of hydrogen-bond donors (Lipinski definition) is 1. The van der Waals surface area contributed by atoms with E-state index in [9.17, 15) is 22.8 Å². The second kappa shape index (κ2) is 10.7. The van der Waals surface area contributed by atoms with Crippen molar-refractivity contribution in [3.63, 3.8) is 0 Å². The summed E-state index contributed by atoms with van der Waals surface area (Å²) in [5.74, 6) is -2.02. The van der Waals surface area contributed by atoms with E-state index < -0.39 is 28.0 Å². The molecule has 1 heterocycles. The summed E-state index contributed by atoms with van der Waals surface area (Å²) in [5.41, 5.74) is 1.89. The SMILES string of the molecule is CCc1ccccc1N1C(=O)NC(=O)/C(=C/c2cc(Cl)c(OS(=O)(=O)c3ccc(C)cc3)c(OC)c2)C1=O. The van der Waals surface area contributed by atoms with Crippen LogP contribution in [0.15, 0.2) is 71.1 Å². The summed E-state index contributed by atoms with van der Waals surface area (Å²) in [4.78, 5) is 39.3. The topological polar surface area (TPSA) is 119 Å². The average Bonchev–Trinajstić information content (AvgIpc) is 2.88. The lowest BCUT2D eigenvalue weighted by molar-refractivity contribution is -0.122. The number of para-hydroxylation sites is 1. The second-order valence-electron chi connectivity index (χ2n) is 8.32. The minimum atomic E-state index is -4.24. The highest BCUT2D eigenvalue weighted by molar-refractivity contribution is 7.87. The number of rotatable bonds is 7. The number of ether oxygens (including phenoxy) is 1. The summed E-state index contributed by atoms with van der Waals surface area (Å²) in [6.45, 7) is 3.70. The van der Waals surface area contributed by atoms with Crippen LogP contribution in [-0.2, 0) is 26.1 Å². The van der Waals surface area contributed by atoms with Gasteiger partial charge in [-0.1, -0.05) is 54.4 Å². The largest absolute Gasteiger partial charge is 0.493 e. The van der Waals surface area contributed by atoms with E-state index >= 15 is 0 Å². The molecule has 3 aromatic rings. The molecule has 9 nitrogen and oxygen atoms in total. The van der Waals surface area contributed by atoms with Gasteiger partial charge in [0.25, 0.3) is 11.8 Å². The molecule has 0 bridgehead atoms. The first-order valence-electron chi connectivity index (χ1n) is 11.4. The lowest BCUT2D eigenvalue weighted by Crippen LogP contribution is -2.54. The molecule has 1 aliphatic rings. The van der Waals surface area contributed by atoms with E-state index in [0.29, 0.717) is 12.1 Å². The van der Waals surface area contributed by atoms with Crippen LogP contribution < -0.4 is 19.1 Å². The Morgan fingerprint density at radius 2 is 1.71 bits per heavy atom. The van der Waals surface area contributed by atoms with Crippen LogP contribution in [0.5, 0.6) is 11.5 Å². The lowest BCUT2D eigenvalue weighted by Gasteiger charge is -2.28. The summed E-state index contributed by atoms with van der Waals surface area (Å²) in [6, 6.07) is 14.7. The number of urea groups is 1. The number of anilines is 1. The molecule has 1 fully saturated rings. The van der Waals surface area contributed by atoms with Crippen molar-refractivity contribution in [2.75, 3.05) is 12.0 Å². The van der Waals surface area contributed by atoms with Gasteiger partial charge in [0, 0.05) is 0 Å². The normalized spacial score (nSPS) is 15.0. The van der Waals surface area contributed by atoms with Gasteiger partial charge in [-0.25, -0.2) is 9.69 Å². The fourth-order valence-electron chi connectivity index (χ4n) is 3.84. The van der Waals surface area contributed by atoms with Crippen molar-refractivity contribution in [2.24, 2.45) is 0 Å². The number of halogens is 1. The number of nitrogens with one attached hydrogen (secondary N) is 1. The number of benzene rings is 3. The Hall–Kier alpha value is -4.15. The molecule has 0 atom stereocenters. The quantitative estimate of drug-likeness (QED) is 0.256. The first-order valence-corrected chi connectivity index (χ1v) is 13.2. The fraction of sp³-hybridized carbons (Fsp3) is 0.148. The van der Waals surface area contributed by atoms with Crippen LogP contribution in [0, 0.1) is 6.92 Å². The van der Waals surface area contributed by atoms with E-state index in [4.69, 9.17) is 20.5 Å². The van der Waals surface area contributed by atoms with Crippen molar-refractivity contribution in [1.29, 1.82) is 0 Å². The standard InChI is InChI=1S/C27H23ClN2O7S/c1-4-18-7-5-6-8-22(18)30-26(32)20(25(31)29-27(30)33)13-17-14-21(28)24(23(15-17)36-3)37-38(34,35)19-11-9-16(2)10-12-19/h5-15H,4H2,1-3H3,(H,29,31,33)/b20-13-. The Bertz CT molecular complexity index is 1580. The van der Waals surface area contributed by atoms with Crippen LogP contribution in [-0.4, -0.2) is 33.4 Å². The first kappa shape index (κ1) is 26.9. The van der Waals surface area contributed by atoms with Crippen molar-refractivity contribution < 1.29 is 31.7 Å². The molecule has 1 N–H and O–H groups in total. The highest BCUT2D eigenvalue weighted by Crippen LogP contribution is 2.39. The third-order valence-electron chi connectivity index (χ3n) is 5.78. The number of imide groups is 2. The Kier molecular flexibility index (Phi) is 7.56. The molecule has 4 rings (SSSR count). The molecule has 0 saturated carbocycles. The van der Waals surface area contributed by atoms with E-state index in [-0.39, 0.29) is 32.6 Å². The Balaban J connectivity index is 1.71. The van der Waals surface area contributed by atoms with Crippen molar-refractivity contribution >= 4 is 51.3 Å². The molecule has 1 aliphatic heterocycles. The Labute approximate surface area is 224 Å². The number of carbonyl (C=O) groups excluding carboxylic acids is 3. The van der Waals surface area contributed by atoms with Gasteiger partial charge in [0.15, 0.2) is 5.75 Å². The van der Waals surface area contributed by atoms with Crippen LogP contribution in [0.1, 0.15) is 23.6 Å². The number of barbiturate groups is 1. The van der Waals surface area contributed by atoms with Crippen molar-refractivity contribution in [3.8, 4) is 11.5 Å². The lowest BCUT2D eigenvalue weighted by atomic mass is 10.0. The predicted octanol–water partition coefficient (Wildman–Crippen LogP) is 4.65.